The Kier molecular flexibility index (Phi) is 6.39. The highest BCUT2D eigenvalue weighted by Gasteiger charge is 2.26. The topological polar surface area (TPSA) is 67.0 Å². The first-order valence-corrected chi connectivity index (χ1v) is 11.9. The summed E-state index contributed by atoms with van der Waals surface area (Å²) in [6.07, 6.45) is 9.12. The normalized spacial score (nSPS) is 19.2. The number of aliphatic imine (C=N–C) groups is 1. The van der Waals surface area contributed by atoms with Gasteiger partial charge in [-0.1, -0.05) is 36.4 Å². The second-order valence-electron chi connectivity index (χ2n) is 8.73. The van der Waals surface area contributed by atoms with Crippen molar-refractivity contribution >= 4 is 29.1 Å². The Balaban J connectivity index is 1.40. The Morgan fingerprint density at radius 2 is 2.18 bits per heavy atom. The maximum atomic E-state index is 5.77. The van der Waals surface area contributed by atoms with Gasteiger partial charge in [-0.25, -0.2) is 4.98 Å². The van der Waals surface area contributed by atoms with Crippen LogP contribution in [-0.2, 0) is 17.6 Å². The van der Waals surface area contributed by atoms with Gasteiger partial charge in [0.05, 0.1) is 25.5 Å². The van der Waals surface area contributed by atoms with Crippen molar-refractivity contribution in [3.63, 3.8) is 0 Å². The smallest absolute Gasteiger partial charge is 0.163 e. The summed E-state index contributed by atoms with van der Waals surface area (Å²) >= 11 is 0. The molecule has 2 aromatic heterocycles. The number of fused-ring (bicyclic) bond motifs is 3. The van der Waals surface area contributed by atoms with Crippen LogP contribution in [0.3, 0.4) is 0 Å². The lowest BCUT2D eigenvalue weighted by Gasteiger charge is -2.34. The molecule has 7 heteroatoms. The van der Waals surface area contributed by atoms with Crippen molar-refractivity contribution in [1.29, 1.82) is 0 Å². The lowest BCUT2D eigenvalue weighted by Crippen LogP contribution is -2.42. The molecule has 1 atom stereocenters. The number of benzene rings is 1. The largest absolute Gasteiger partial charge is 0.375 e. The molecule has 0 aliphatic carbocycles. The molecular formula is C26H32N6O. The number of ether oxygens (including phenoxy) is 1. The van der Waals surface area contributed by atoms with Crippen molar-refractivity contribution in [3.8, 4) is 0 Å². The molecule has 0 bridgehead atoms. The highest BCUT2D eigenvalue weighted by Crippen LogP contribution is 2.32. The van der Waals surface area contributed by atoms with Crippen LogP contribution in [0.1, 0.15) is 37.0 Å². The number of hydrogen-bond acceptors (Lipinski definition) is 6. The second kappa shape index (κ2) is 9.75. The van der Waals surface area contributed by atoms with E-state index in [9.17, 15) is 0 Å². The van der Waals surface area contributed by atoms with Gasteiger partial charge < -0.3 is 15.0 Å². The summed E-state index contributed by atoms with van der Waals surface area (Å²) in [5.41, 5.74) is 5.73. The number of nitrogens with one attached hydrogen (secondary N) is 1. The first-order valence-electron chi connectivity index (χ1n) is 11.9. The molecule has 0 saturated carbocycles. The molecule has 7 nitrogen and oxygen atoms in total. The first kappa shape index (κ1) is 21.6. The lowest BCUT2D eigenvalue weighted by molar-refractivity contribution is 0.0529. The van der Waals surface area contributed by atoms with Crippen molar-refractivity contribution in [2.75, 3.05) is 43.0 Å². The van der Waals surface area contributed by atoms with Crippen LogP contribution in [0.2, 0.25) is 0 Å². The standard InChI is InChI=1S/C26H32N6O/c1-3-20(21-8-5-4-6-9-21)16-27-13-11-22-17-29-32-24(22)30-26(23-10-7-12-28-25(23)32)31-14-15-33-19(2)18-31/h3-6,8-9,13,17,19,28H,7,10-12,14-16,18H2,1-2H3/b20-3+,27-13?/t19-/m0/s1. The maximum absolute atomic E-state index is 5.77. The van der Waals surface area contributed by atoms with Gasteiger partial charge in [0.2, 0.25) is 0 Å². The highest BCUT2D eigenvalue weighted by atomic mass is 16.5. The fourth-order valence-electron chi connectivity index (χ4n) is 4.69. The number of aromatic nitrogens is 3. The second-order valence-corrected chi connectivity index (χ2v) is 8.73. The predicted molar refractivity (Wildman–Crippen MR) is 135 cm³/mol. The lowest BCUT2D eigenvalue weighted by atomic mass is 10.1. The van der Waals surface area contributed by atoms with Crippen LogP contribution in [-0.4, -0.2) is 59.7 Å². The van der Waals surface area contributed by atoms with Crippen molar-refractivity contribution in [2.45, 2.75) is 39.2 Å². The summed E-state index contributed by atoms with van der Waals surface area (Å²) < 4.78 is 7.75. The van der Waals surface area contributed by atoms with Crippen LogP contribution in [0.4, 0.5) is 11.6 Å². The number of nitrogens with zero attached hydrogens (tertiary/aromatic N) is 5. The number of anilines is 2. The minimum absolute atomic E-state index is 0.214. The molecule has 0 radical (unpaired) electrons. The van der Waals surface area contributed by atoms with Crippen LogP contribution < -0.4 is 10.2 Å². The van der Waals surface area contributed by atoms with Gasteiger partial charge >= 0.3 is 0 Å². The van der Waals surface area contributed by atoms with Crippen LogP contribution in [0.25, 0.3) is 11.2 Å². The summed E-state index contributed by atoms with van der Waals surface area (Å²) in [4.78, 5) is 12.2. The van der Waals surface area contributed by atoms with Crippen LogP contribution >= 0.6 is 0 Å². The van der Waals surface area contributed by atoms with E-state index in [1.807, 2.05) is 23.0 Å². The van der Waals surface area contributed by atoms with Gasteiger partial charge in [0.1, 0.15) is 11.6 Å². The van der Waals surface area contributed by atoms with Crippen LogP contribution in [0.15, 0.2) is 47.6 Å². The molecule has 1 aromatic carbocycles. The number of hydrogen-bond donors (Lipinski definition) is 1. The van der Waals surface area contributed by atoms with Gasteiger partial charge in [0.25, 0.3) is 0 Å². The minimum Gasteiger partial charge on any atom is -0.375 e. The fourth-order valence-corrected chi connectivity index (χ4v) is 4.69. The van der Waals surface area contributed by atoms with Crippen molar-refractivity contribution in [2.24, 2.45) is 4.99 Å². The van der Waals surface area contributed by atoms with Gasteiger partial charge in [-0.2, -0.15) is 9.61 Å². The molecule has 33 heavy (non-hydrogen) atoms. The molecule has 3 aromatic rings. The van der Waals surface area contributed by atoms with Gasteiger partial charge in [-0.15, -0.1) is 0 Å². The molecular weight excluding hydrogens is 412 g/mol. The quantitative estimate of drug-likeness (QED) is 0.582. The third-order valence-electron chi connectivity index (χ3n) is 6.43. The van der Waals surface area contributed by atoms with Crippen molar-refractivity contribution < 1.29 is 4.74 Å². The molecule has 2 aliphatic rings. The molecule has 4 heterocycles. The monoisotopic (exact) mass is 444 g/mol. The maximum Gasteiger partial charge on any atom is 0.163 e. The zero-order valence-electron chi connectivity index (χ0n) is 19.5. The third-order valence-corrected chi connectivity index (χ3v) is 6.43. The highest BCUT2D eigenvalue weighted by molar-refractivity contribution is 5.73. The molecule has 1 N–H and O–H groups in total. The van der Waals surface area contributed by atoms with E-state index in [-0.39, 0.29) is 6.10 Å². The Labute approximate surface area is 195 Å². The molecule has 0 spiro atoms. The van der Waals surface area contributed by atoms with E-state index in [4.69, 9.17) is 14.7 Å². The Morgan fingerprint density at radius 3 is 3.00 bits per heavy atom. The van der Waals surface area contributed by atoms with E-state index in [1.54, 1.807) is 0 Å². The zero-order valence-corrected chi connectivity index (χ0v) is 19.5. The average molecular weight is 445 g/mol. The van der Waals surface area contributed by atoms with E-state index in [0.717, 1.165) is 61.9 Å². The molecule has 2 aliphatic heterocycles. The SMILES string of the molecule is C/C=C(\CN=CCc1cnn2c3c(c(N4CCO[C@@H](C)C4)nc12)CCCN3)c1ccccc1. The van der Waals surface area contributed by atoms with E-state index >= 15 is 0 Å². The van der Waals surface area contributed by atoms with Crippen molar-refractivity contribution in [3.05, 3.63) is 59.3 Å². The molecule has 0 unspecified atom stereocenters. The number of allylic oxidation sites excluding steroid dienone is 1. The van der Waals surface area contributed by atoms with E-state index in [2.05, 4.69) is 59.5 Å². The number of rotatable bonds is 6. The summed E-state index contributed by atoms with van der Waals surface area (Å²) in [5.74, 6) is 2.17. The van der Waals surface area contributed by atoms with Gasteiger partial charge in [-0.3, -0.25) is 4.99 Å². The summed E-state index contributed by atoms with van der Waals surface area (Å²) in [6, 6.07) is 10.4. The molecule has 1 fully saturated rings. The summed E-state index contributed by atoms with van der Waals surface area (Å²) in [7, 11) is 0. The van der Waals surface area contributed by atoms with Gasteiger partial charge in [0, 0.05) is 43.4 Å². The molecule has 0 amide bonds. The van der Waals surface area contributed by atoms with Gasteiger partial charge in [0.15, 0.2) is 5.65 Å². The predicted octanol–water partition coefficient (Wildman–Crippen LogP) is 4.03. The summed E-state index contributed by atoms with van der Waals surface area (Å²) in [6.45, 7) is 8.31. The fraction of sp³-hybridized carbons (Fsp3) is 0.423. The summed E-state index contributed by atoms with van der Waals surface area (Å²) in [5, 5.41) is 8.27. The minimum atomic E-state index is 0.214. The Hall–Kier alpha value is -3.19. The van der Waals surface area contributed by atoms with E-state index < -0.39 is 0 Å². The number of morpholine rings is 1. The molecule has 172 valence electrons. The van der Waals surface area contributed by atoms with Crippen molar-refractivity contribution in [1.82, 2.24) is 14.6 Å². The van der Waals surface area contributed by atoms with E-state index in [0.29, 0.717) is 13.0 Å². The molecule has 5 rings (SSSR count). The van der Waals surface area contributed by atoms with Gasteiger partial charge in [-0.05, 0) is 37.8 Å². The average Bonchev–Trinajstić information content (AvgIpc) is 3.27. The van der Waals surface area contributed by atoms with Crippen LogP contribution in [0, 0.1) is 0 Å². The van der Waals surface area contributed by atoms with Crippen LogP contribution in [0.5, 0.6) is 0 Å². The Morgan fingerprint density at radius 1 is 1.30 bits per heavy atom. The van der Waals surface area contributed by atoms with E-state index in [1.165, 1.54) is 16.7 Å². The zero-order chi connectivity index (χ0) is 22.6. The Bertz CT molecular complexity index is 1170. The third kappa shape index (κ3) is 4.50. The molecule has 1 saturated heterocycles. The first-order chi connectivity index (χ1) is 16.2.